The third-order valence-electron chi connectivity index (χ3n) is 3.05. The Morgan fingerprint density at radius 2 is 2.06 bits per heavy atom. The molecule has 1 fully saturated rings. The Morgan fingerprint density at radius 3 is 2.65 bits per heavy atom. The molecule has 0 aromatic carbocycles. The van der Waals surface area contributed by atoms with Crippen molar-refractivity contribution < 1.29 is 9.59 Å². The van der Waals surface area contributed by atoms with Gasteiger partial charge in [0.1, 0.15) is 0 Å². The average molecular weight is 237 g/mol. The summed E-state index contributed by atoms with van der Waals surface area (Å²) in [5.41, 5.74) is 5.67. The first-order valence-corrected chi connectivity index (χ1v) is 6.16. The number of rotatable bonds is 5. The molecule has 17 heavy (non-hydrogen) atoms. The van der Waals surface area contributed by atoms with Gasteiger partial charge in [0, 0.05) is 25.0 Å². The molecule has 0 saturated heterocycles. The van der Waals surface area contributed by atoms with Crippen LogP contribution in [0.1, 0.15) is 25.7 Å². The van der Waals surface area contributed by atoms with E-state index in [1.807, 2.05) is 12.2 Å². The first-order valence-electron chi connectivity index (χ1n) is 6.16. The van der Waals surface area contributed by atoms with Gasteiger partial charge in [-0.3, -0.25) is 9.59 Å². The van der Waals surface area contributed by atoms with Crippen molar-refractivity contribution in [3.8, 4) is 0 Å². The predicted molar refractivity (Wildman–Crippen MR) is 64.0 cm³/mol. The van der Waals surface area contributed by atoms with Crippen LogP contribution in [0.5, 0.6) is 0 Å². The van der Waals surface area contributed by atoms with Crippen molar-refractivity contribution in [2.24, 2.45) is 11.7 Å². The van der Waals surface area contributed by atoms with Crippen LogP contribution in [0, 0.1) is 5.92 Å². The molecule has 5 heteroatoms. The lowest BCUT2D eigenvalue weighted by atomic mass is 10.1. The lowest BCUT2D eigenvalue weighted by Gasteiger charge is -2.10. The quantitative estimate of drug-likeness (QED) is 0.573. The highest BCUT2D eigenvalue weighted by molar-refractivity contribution is 5.82. The molecule has 0 heterocycles. The normalized spacial score (nSPS) is 26.9. The molecule has 0 aliphatic heterocycles. The third kappa shape index (κ3) is 3.85. The number of carbonyl (C=O) groups excluding carboxylic acids is 2. The van der Waals surface area contributed by atoms with Crippen molar-refractivity contribution >= 4 is 11.8 Å². The van der Waals surface area contributed by atoms with Crippen LogP contribution in [0.2, 0.25) is 0 Å². The van der Waals surface area contributed by atoms with Gasteiger partial charge >= 0.3 is 0 Å². The van der Waals surface area contributed by atoms with Crippen molar-refractivity contribution in [1.29, 1.82) is 0 Å². The highest BCUT2D eigenvalue weighted by atomic mass is 16.2. The molecule has 2 unspecified atom stereocenters. The van der Waals surface area contributed by atoms with Gasteiger partial charge in [-0.1, -0.05) is 12.2 Å². The zero-order valence-electron chi connectivity index (χ0n) is 9.82. The summed E-state index contributed by atoms with van der Waals surface area (Å²) in [6.45, 7) is 0.400. The average Bonchev–Trinajstić information content (AvgIpc) is 2.97. The molecular formula is C12H19N3O2. The summed E-state index contributed by atoms with van der Waals surface area (Å²) in [5, 5.41) is 5.64. The second kappa shape index (κ2) is 5.31. The van der Waals surface area contributed by atoms with Gasteiger partial charge in [-0.25, -0.2) is 0 Å². The van der Waals surface area contributed by atoms with E-state index in [2.05, 4.69) is 10.6 Å². The van der Waals surface area contributed by atoms with Crippen molar-refractivity contribution in [2.45, 2.75) is 37.8 Å². The van der Waals surface area contributed by atoms with E-state index in [0.717, 1.165) is 12.8 Å². The fourth-order valence-corrected chi connectivity index (χ4v) is 1.88. The Kier molecular flexibility index (Phi) is 3.78. The summed E-state index contributed by atoms with van der Waals surface area (Å²) in [4.78, 5) is 23.0. The minimum absolute atomic E-state index is 0.0103. The number of amides is 2. The fourth-order valence-electron chi connectivity index (χ4n) is 1.88. The van der Waals surface area contributed by atoms with Gasteiger partial charge < -0.3 is 16.4 Å². The molecule has 0 aromatic heterocycles. The monoisotopic (exact) mass is 237 g/mol. The Balaban J connectivity index is 1.59. The van der Waals surface area contributed by atoms with Crippen LogP contribution in [0.4, 0.5) is 0 Å². The second-order valence-electron chi connectivity index (χ2n) is 4.77. The summed E-state index contributed by atoms with van der Waals surface area (Å²) in [5.74, 6) is -0.142. The standard InChI is InChI=1S/C12H19N3O2/c13-9-2-1-8(7-9)12(17)14-6-5-11(16)15-10-3-4-10/h1-2,8-10H,3-7,13H2,(H,14,17)(H,15,16). The molecule has 2 amide bonds. The van der Waals surface area contributed by atoms with E-state index in [4.69, 9.17) is 5.73 Å². The smallest absolute Gasteiger partial charge is 0.227 e. The minimum Gasteiger partial charge on any atom is -0.355 e. The van der Waals surface area contributed by atoms with E-state index in [9.17, 15) is 9.59 Å². The van der Waals surface area contributed by atoms with E-state index < -0.39 is 0 Å². The van der Waals surface area contributed by atoms with E-state index in [-0.39, 0.29) is 23.8 Å². The topological polar surface area (TPSA) is 84.2 Å². The number of hydrogen-bond donors (Lipinski definition) is 3. The molecule has 2 aliphatic carbocycles. The fraction of sp³-hybridized carbons (Fsp3) is 0.667. The van der Waals surface area contributed by atoms with Crippen molar-refractivity contribution in [2.75, 3.05) is 6.54 Å². The molecule has 0 spiro atoms. The Bertz CT molecular complexity index is 337. The molecule has 4 N–H and O–H groups in total. The minimum atomic E-state index is -0.128. The Morgan fingerprint density at radius 1 is 1.29 bits per heavy atom. The molecule has 0 bridgehead atoms. The Labute approximate surface area is 101 Å². The van der Waals surface area contributed by atoms with Gasteiger partial charge in [0.25, 0.3) is 0 Å². The molecule has 2 aliphatic rings. The van der Waals surface area contributed by atoms with Gasteiger partial charge in [-0.15, -0.1) is 0 Å². The number of nitrogens with two attached hydrogens (primary N) is 1. The van der Waals surface area contributed by atoms with Crippen LogP contribution in [0.15, 0.2) is 12.2 Å². The zero-order valence-corrected chi connectivity index (χ0v) is 9.82. The van der Waals surface area contributed by atoms with E-state index >= 15 is 0 Å². The number of nitrogens with one attached hydrogen (secondary N) is 2. The number of carbonyl (C=O) groups is 2. The predicted octanol–water partition coefficient (Wildman–Crippen LogP) is -0.325. The van der Waals surface area contributed by atoms with Crippen LogP contribution in [-0.4, -0.2) is 30.4 Å². The van der Waals surface area contributed by atoms with Gasteiger partial charge in [-0.2, -0.15) is 0 Å². The second-order valence-corrected chi connectivity index (χ2v) is 4.77. The number of hydrogen-bond acceptors (Lipinski definition) is 3. The summed E-state index contributed by atoms with van der Waals surface area (Å²) >= 11 is 0. The lowest BCUT2D eigenvalue weighted by molar-refractivity contribution is -0.124. The molecule has 94 valence electrons. The largest absolute Gasteiger partial charge is 0.355 e. The molecule has 5 nitrogen and oxygen atoms in total. The molecule has 2 atom stereocenters. The maximum atomic E-state index is 11.7. The van der Waals surface area contributed by atoms with Gasteiger partial charge in [0.2, 0.25) is 11.8 Å². The van der Waals surface area contributed by atoms with E-state index in [1.165, 1.54) is 0 Å². The van der Waals surface area contributed by atoms with Crippen LogP contribution in [0.25, 0.3) is 0 Å². The Hall–Kier alpha value is -1.36. The zero-order chi connectivity index (χ0) is 12.3. The highest BCUT2D eigenvalue weighted by Crippen LogP contribution is 2.18. The van der Waals surface area contributed by atoms with Crippen LogP contribution in [-0.2, 0) is 9.59 Å². The molecular weight excluding hydrogens is 218 g/mol. The molecule has 0 aromatic rings. The van der Waals surface area contributed by atoms with Gasteiger partial charge in [-0.05, 0) is 19.3 Å². The summed E-state index contributed by atoms with van der Waals surface area (Å²) in [6, 6.07) is 0.373. The SMILES string of the molecule is NC1C=CC(C(=O)NCCC(=O)NC2CC2)C1. The van der Waals surface area contributed by atoms with Crippen molar-refractivity contribution in [3.63, 3.8) is 0 Å². The van der Waals surface area contributed by atoms with Crippen molar-refractivity contribution in [3.05, 3.63) is 12.2 Å². The van der Waals surface area contributed by atoms with E-state index in [1.54, 1.807) is 0 Å². The highest BCUT2D eigenvalue weighted by Gasteiger charge is 2.24. The third-order valence-corrected chi connectivity index (χ3v) is 3.05. The maximum absolute atomic E-state index is 11.7. The van der Waals surface area contributed by atoms with Crippen LogP contribution >= 0.6 is 0 Å². The van der Waals surface area contributed by atoms with Crippen LogP contribution < -0.4 is 16.4 Å². The van der Waals surface area contributed by atoms with Gasteiger partial charge in [0.05, 0.1) is 5.92 Å². The summed E-state index contributed by atoms with van der Waals surface area (Å²) < 4.78 is 0. The molecule has 2 rings (SSSR count). The van der Waals surface area contributed by atoms with Gasteiger partial charge in [0.15, 0.2) is 0 Å². The molecule has 0 radical (unpaired) electrons. The maximum Gasteiger partial charge on any atom is 0.227 e. The van der Waals surface area contributed by atoms with E-state index in [0.29, 0.717) is 25.4 Å². The first kappa shape index (κ1) is 12.1. The van der Waals surface area contributed by atoms with Crippen LogP contribution in [0.3, 0.4) is 0 Å². The lowest BCUT2D eigenvalue weighted by Crippen LogP contribution is -2.34. The first-order chi connectivity index (χ1) is 8.15. The summed E-state index contributed by atoms with van der Waals surface area (Å²) in [7, 11) is 0. The molecule has 1 saturated carbocycles. The summed E-state index contributed by atoms with van der Waals surface area (Å²) in [6.07, 6.45) is 6.88. The van der Waals surface area contributed by atoms with Crippen molar-refractivity contribution in [1.82, 2.24) is 10.6 Å².